The number of aromatic amines is 1. The summed E-state index contributed by atoms with van der Waals surface area (Å²) in [5, 5.41) is 6.63. The second kappa shape index (κ2) is 7.81. The van der Waals surface area contributed by atoms with Crippen molar-refractivity contribution < 1.29 is 4.79 Å². The highest BCUT2D eigenvalue weighted by atomic mass is 16.2. The minimum atomic E-state index is -0.0538. The van der Waals surface area contributed by atoms with E-state index in [4.69, 9.17) is 5.73 Å². The van der Waals surface area contributed by atoms with Crippen LogP contribution in [0.1, 0.15) is 54.7 Å². The molecule has 0 radical (unpaired) electrons. The van der Waals surface area contributed by atoms with E-state index in [0.29, 0.717) is 24.5 Å². The van der Waals surface area contributed by atoms with Gasteiger partial charge in [-0.15, -0.1) is 5.10 Å². The molecule has 27 heavy (non-hydrogen) atoms. The van der Waals surface area contributed by atoms with Gasteiger partial charge in [-0.2, -0.15) is 4.98 Å². The molecule has 9 nitrogen and oxygen atoms in total. The van der Waals surface area contributed by atoms with E-state index >= 15 is 0 Å². The number of anilines is 2. The largest absolute Gasteiger partial charge is 0.367 e. The molecule has 0 aliphatic carbocycles. The van der Waals surface area contributed by atoms with E-state index in [1.807, 2.05) is 18.5 Å². The zero-order valence-electron chi connectivity index (χ0n) is 16.3. The molecule has 2 aromatic rings. The van der Waals surface area contributed by atoms with E-state index < -0.39 is 0 Å². The molecule has 0 bridgehead atoms. The van der Waals surface area contributed by atoms with Crippen LogP contribution in [0, 0.1) is 6.92 Å². The standard InChI is InChI=1S/C18H28N8O/c1-5-6-7-10-25-13(3)26(11-8-9-14-21-18(19)23-22-14)17(27)15-16(25)20-12(2)24(15)4/h3,5-11H2,1-2,4H3,(H3,19,21,22,23). The number of carbonyl (C=O) groups is 1. The summed E-state index contributed by atoms with van der Waals surface area (Å²) >= 11 is 0. The van der Waals surface area contributed by atoms with Gasteiger partial charge in [-0.3, -0.25) is 14.8 Å². The predicted octanol–water partition coefficient (Wildman–Crippen LogP) is 1.99. The van der Waals surface area contributed by atoms with Crippen LogP contribution in [-0.2, 0) is 13.5 Å². The number of nitrogens with one attached hydrogen (secondary N) is 1. The Hall–Kier alpha value is -2.84. The number of unbranched alkanes of at least 4 members (excludes halogenated alkanes) is 2. The molecule has 0 aromatic carbocycles. The number of H-pyrrole nitrogens is 1. The molecule has 0 atom stereocenters. The molecule has 0 spiro atoms. The molecular weight excluding hydrogens is 344 g/mol. The Kier molecular flexibility index (Phi) is 5.48. The Labute approximate surface area is 159 Å². The van der Waals surface area contributed by atoms with Crippen molar-refractivity contribution in [2.45, 2.75) is 46.0 Å². The first-order valence-corrected chi connectivity index (χ1v) is 9.42. The third kappa shape index (κ3) is 3.67. The normalized spacial score (nSPS) is 14.2. The van der Waals surface area contributed by atoms with Crippen LogP contribution in [0.15, 0.2) is 12.4 Å². The van der Waals surface area contributed by atoms with E-state index in [9.17, 15) is 4.79 Å². The zero-order chi connectivity index (χ0) is 19.6. The molecule has 0 saturated heterocycles. The van der Waals surface area contributed by atoms with Crippen molar-refractivity contribution in [3.8, 4) is 0 Å². The maximum atomic E-state index is 13.1. The fraction of sp³-hybridized carbons (Fsp3) is 0.556. The van der Waals surface area contributed by atoms with Gasteiger partial charge in [0.1, 0.15) is 17.5 Å². The van der Waals surface area contributed by atoms with Gasteiger partial charge < -0.3 is 15.2 Å². The van der Waals surface area contributed by atoms with Gasteiger partial charge in [-0.25, -0.2) is 4.98 Å². The smallest absolute Gasteiger partial charge is 0.279 e. The number of amides is 1. The van der Waals surface area contributed by atoms with Crippen LogP contribution < -0.4 is 10.6 Å². The molecule has 1 amide bonds. The van der Waals surface area contributed by atoms with Gasteiger partial charge in [0.05, 0.1) is 0 Å². The number of rotatable bonds is 8. The number of aromatic nitrogens is 5. The molecule has 0 fully saturated rings. The maximum absolute atomic E-state index is 13.1. The first-order valence-electron chi connectivity index (χ1n) is 9.42. The fourth-order valence-corrected chi connectivity index (χ4v) is 3.35. The van der Waals surface area contributed by atoms with Crippen molar-refractivity contribution in [2.75, 3.05) is 23.7 Å². The van der Waals surface area contributed by atoms with Crippen LogP contribution >= 0.6 is 0 Å². The van der Waals surface area contributed by atoms with Crippen molar-refractivity contribution in [3.63, 3.8) is 0 Å². The highest BCUT2D eigenvalue weighted by Gasteiger charge is 2.36. The van der Waals surface area contributed by atoms with Gasteiger partial charge in [0.15, 0.2) is 11.5 Å². The minimum Gasteiger partial charge on any atom is -0.367 e. The SMILES string of the molecule is C=C1N(CCCc2nc(N)n[nH]2)C(=O)c2c(nc(C)n2C)N1CCCCC. The van der Waals surface area contributed by atoms with Crippen LogP contribution in [0.5, 0.6) is 0 Å². The summed E-state index contributed by atoms with van der Waals surface area (Å²) in [6.45, 7) is 9.64. The molecule has 3 rings (SSSR count). The molecule has 1 aliphatic heterocycles. The summed E-state index contributed by atoms with van der Waals surface area (Å²) in [5.74, 6) is 3.14. The summed E-state index contributed by atoms with van der Waals surface area (Å²) in [7, 11) is 1.88. The predicted molar refractivity (Wildman–Crippen MR) is 104 cm³/mol. The lowest BCUT2D eigenvalue weighted by molar-refractivity contribution is 0.0781. The van der Waals surface area contributed by atoms with E-state index in [2.05, 4.69) is 38.6 Å². The topological polar surface area (TPSA) is 109 Å². The van der Waals surface area contributed by atoms with Crippen LogP contribution in [0.25, 0.3) is 0 Å². The molecule has 3 N–H and O–H groups in total. The van der Waals surface area contributed by atoms with E-state index in [1.54, 1.807) is 4.90 Å². The van der Waals surface area contributed by atoms with Crippen LogP contribution in [-0.4, -0.2) is 48.6 Å². The third-order valence-electron chi connectivity index (χ3n) is 4.96. The van der Waals surface area contributed by atoms with Gasteiger partial charge in [0, 0.05) is 26.6 Å². The van der Waals surface area contributed by atoms with Crippen LogP contribution in [0.3, 0.4) is 0 Å². The van der Waals surface area contributed by atoms with Crippen molar-refractivity contribution in [2.24, 2.45) is 7.05 Å². The first-order chi connectivity index (χ1) is 12.9. The van der Waals surface area contributed by atoms with Crippen molar-refractivity contribution in [1.82, 2.24) is 29.6 Å². The summed E-state index contributed by atoms with van der Waals surface area (Å²) in [6.07, 6.45) is 4.69. The quantitative estimate of drug-likeness (QED) is 0.686. The van der Waals surface area contributed by atoms with Gasteiger partial charge in [0.25, 0.3) is 5.91 Å². The van der Waals surface area contributed by atoms with Crippen molar-refractivity contribution in [1.29, 1.82) is 0 Å². The number of aryl methyl sites for hydroxylation is 2. The van der Waals surface area contributed by atoms with E-state index in [0.717, 1.165) is 49.7 Å². The summed E-state index contributed by atoms with van der Waals surface area (Å²) in [6, 6.07) is 0. The second-order valence-electron chi connectivity index (χ2n) is 6.87. The first kappa shape index (κ1) is 18.9. The second-order valence-corrected chi connectivity index (χ2v) is 6.87. The van der Waals surface area contributed by atoms with E-state index in [-0.39, 0.29) is 11.9 Å². The molecule has 146 valence electrons. The average molecular weight is 372 g/mol. The number of carbonyl (C=O) groups excluding carboxylic acids is 1. The number of nitrogens with zero attached hydrogens (tertiary/aromatic N) is 6. The van der Waals surface area contributed by atoms with Gasteiger partial charge in [-0.05, 0) is 19.8 Å². The van der Waals surface area contributed by atoms with E-state index in [1.165, 1.54) is 0 Å². The Balaban J connectivity index is 1.78. The Morgan fingerprint density at radius 1 is 1.15 bits per heavy atom. The lowest BCUT2D eigenvalue weighted by atomic mass is 10.2. The average Bonchev–Trinajstić information content (AvgIpc) is 3.17. The number of fused-ring (bicyclic) bond motifs is 1. The molecule has 2 aromatic heterocycles. The summed E-state index contributed by atoms with van der Waals surface area (Å²) < 4.78 is 1.86. The minimum absolute atomic E-state index is 0.0538. The Morgan fingerprint density at radius 2 is 1.89 bits per heavy atom. The highest BCUT2D eigenvalue weighted by molar-refractivity contribution is 6.01. The monoisotopic (exact) mass is 372 g/mol. The van der Waals surface area contributed by atoms with Gasteiger partial charge >= 0.3 is 0 Å². The van der Waals surface area contributed by atoms with Gasteiger partial charge in [0.2, 0.25) is 5.95 Å². The molecular formula is C18H28N8O. The summed E-state index contributed by atoms with van der Waals surface area (Å²) in [4.78, 5) is 25.7. The number of hydrogen-bond donors (Lipinski definition) is 2. The molecule has 1 aliphatic rings. The molecule has 0 unspecified atom stereocenters. The molecule has 9 heteroatoms. The maximum Gasteiger partial charge on any atom is 0.279 e. The lowest BCUT2D eigenvalue weighted by Gasteiger charge is -2.37. The molecule has 0 saturated carbocycles. The van der Waals surface area contributed by atoms with Crippen molar-refractivity contribution in [3.05, 3.63) is 29.7 Å². The Bertz CT molecular complexity index is 837. The fourth-order valence-electron chi connectivity index (χ4n) is 3.35. The lowest BCUT2D eigenvalue weighted by Crippen LogP contribution is -2.45. The molecule has 3 heterocycles. The number of imidazole rings is 1. The van der Waals surface area contributed by atoms with Crippen molar-refractivity contribution >= 4 is 17.7 Å². The third-order valence-corrected chi connectivity index (χ3v) is 4.96. The number of nitrogen functional groups attached to an aromatic ring is 1. The zero-order valence-corrected chi connectivity index (χ0v) is 16.3. The Morgan fingerprint density at radius 3 is 2.56 bits per heavy atom. The van der Waals surface area contributed by atoms with Crippen LogP contribution in [0.2, 0.25) is 0 Å². The number of hydrogen-bond acceptors (Lipinski definition) is 6. The number of nitrogens with two attached hydrogens (primary N) is 1. The summed E-state index contributed by atoms with van der Waals surface area (Å²) in [5.41, 5.74) is 6.16. The van der Waals surface area contributed by atoms with Gasteiger partial charge in [-0.1, -0.05) is 26.3 Å². The van der Waals surface area contributed by atoms with Crippen LogP contribution in [0.4, 0.5) is 11.8 Å². The highest BCUT2D eigenvalue weighted by Crippen LogP contribution is 2.32.